The van der Waals surface area contributed by atoms with Crippen LogP contribution >= 0.6 is 0 Å². The molecule has 2 nitrogen and oxygen atoms in total. The first-order valence-corrected chi connectivity index (χ1v) is 11.1. The van der Waals surface area contributed by atoms with Gasteiger partial charge in [0.15, 0.2) is 23.2 Å². The van der Waals surface area contributed by atoms with Gasteiger partial charge in [0.1, 0.15) is 0 Å². The van der Waals surface area contributed by atoms with Gasteiger partial charge >= 0.3 is 0 Å². The number of unbranched alkanes of at least 4 members (excludes halogenated alkanes) is 1. The fourth-order valence-corrected chi connectivity index (χ4v) is 3.62. The van der Waals surface area contributed by atoms with Crippen LogP contribution in [0.4, 0.5) is 17.6 Å². The van der Waals surface area contributed by atoms with Gasteiger partial charge in [-0.25, -0.2) is 13.2 Å². The van der Waals surface area contributed by atoms with E-state index in [0.717, 1.165) is 19.3 Å². The van der Waals surface area contributed by atoms with Crippen LogP contribution in [0.25, 0.3) is 11.1 Å². The lowest BCUT2D eigenvalue weighted by atomic mass is 9.89. The summed E-state index contributed by atoms with van der Waals surface area (Å²) >= 11 is 0. The molecular formula is C25H32F4O2. The molecule has 2 atom stereocenters. The molecular weight excluding hydrogens is 408 g/mol. The lowest BCUT2D eigenvalue weighted by Crippen LogP contribution is -2.12. The summed E-state index contributed by atoms with van der Waals surface area (Å²) in [6, 6.07) is 5.21. The third kappa shape index (κ3) is 6.22. The Balaban J connectivity index is 2.24. The molecule has 2 unspecified atom stereocenters. The van der Waals surface area contributed by atoms with Crippen molar-refractivity contribution in [2.75, 3.05) is 13.2 Å². The second-order valence-electron chi connectivity index (χ2n) is 7.72. The minimum atomic E-state index is -1.26. The van der Waals surface area contributed by atoms with E-state index in [-0.39, 0.29) is 41.1 Å². The van der Waals surface area contributed by atoms with Crippen LogP contribution in [-0.2, 0) is 4.74 Å². The molecule has 0 radical (unpaired) electrons. The van der Waals surface area contributed by atoms with Gasteiger partial charge in [-0.1, -0.05) is 32.4 Å². The van der Waals surface area contributed by atoms with Gasteiger partial charge in [-0.3, -0.25) is 0 Å². The van der Waals surface area contributed by atoms with E-state index in [1.807, 2.05) is 13.8 Å². The van der Waals surface area contributed by atoms with Gasteiger partial charge in [-0.05, 0) is 63.1 Å². The van der Waals surface area contributed by atoms with Crippen LogP contribution < -0.4 is 4.74 Å². The number of benzene rings is 2. The van der Waals surface area contributed by atoms with E-state index in [0.29, 0.717) is 19.4 Å². The predicted molar refractivity (Wildman–Crippen MR) is 115 cm³/mol. The Hall–Kier alpha value is -2.08. The average molecular weight is 441 g/mol. The highest BCUT2D eigenvalue weighted by Crippen LogP contribution is 2.36. The lowest BCUT2D eigenvalue weighted by molar-refractivity contribution is 0.0555. The smallest absolute Gasteiger partial charge is 0.201 e. The van der Waals surface area contributed by atoms with Crippen molar-refractivity contribution in [3.63, 3.8) is 0 Å². The summed E-state index contributed by atoms with van der Waals surface area (Å²) in [5, 5.41) is 0. The maximum atomic E-state index is 14.9. The molecule has 0 bridgehead atoms. The highest BCUT2D eigenvalue weighted by molar-refractivity contribution is 5.66. The summed E-state index contributed by atoms with van der Waals surface area (Å²) in [4.78, 5) is 0. The second-order valence-corrected chi connectivity index (χ2v) is 7.72. The van der Waals surface area contributed by atoms with Crippen molar-refractivity contribution < 1.29 is 27.0 Å². The highest BCUT2D eigenvalue weighted by atomic mass is 19.2. The van der Waals surface area contributed by atoms with E-state index in [4.69, 9.17) is 9.47 Å². The third-order valence-electron chi connectivity index (χ3n) is 5.50. The fraction of sp³-hybridized carbons (Fsp3) is 0.520. The molecule has 0 aliphatic rings. The second kappa shape index (κ2) is 12.1. The Kier molecular flexibility index (Phi) is 9.82. The number of ether oxygens (including phenoxy) is 2. The molecule has 0 spiro atoms. The van der Waals surface area contributed by atoms with Crippen molar-refractivity contribution in [2.45, 2.75) is 71.8 Å². The first-order valence-electron chi connectivity index (χ1n) is 11.1. The molecule has 0 aliphatic heterocycles. The summed E-state index contributed by atoms with van der Waals surface area (Å²) in [6.45, 7) is 8.48. The Morgan fingerprint density at radius 3 is 2.06 bits per heavy atom. The van der Waals surface area contributed by atoms with Crippen molar-refractivity contribution in [3.8, 4) is 16.9 Å². The molecule has 0 fully saturated rings. The molecule has 0 aromatic heterocycles. The number of hydrogen-bond acceptors (Lipinski definition) is 2. The molecule has 6 heteroatoms. The van der Waals surface area contributed by atoms with Crippen LogP contribution in [0.2, 0.25) is 0 Å². The SMILES string of the molecule is CCCCOC(C)CCC(CC)c1ccc(-c2ccc(OCC)c(F)c2F)c(F)c1F. The van der Waals surface area contributed by atoms with Crippen LogP contribution in [-0.4, -0.2) is 19.3 Å². The van der Waals surface area contributed by atoms with E-state index >= 15 is 0 Å². The maximum absolute atomic E-state index is 14.9. The van der Waals surface area contributed by atoms with Crippen LogP contribution in [0.1, 0.15) is 71.3 Å². The number of halogens is 4. The molecule has 0 saturated heterocycles. The molecule has 0 N–H and O–H groups in total. The quantitative estimate of drug-likeness (QED) is 0.248. The van der Waals surface area contributed by atoms with Gasteiger partial charge in [0.05, 0.1) is 12.7 Å². The van der Waals surface area contributed by atoms with E-state index in [1.54, 1.807) is 6.92 Å². The van der Waals surface area contributed by atoms with Crippen LogP contribution in [0.3, 0.4) is 0 Å². The Morgan fingerprint density at radius 1 is 0.806 bits per heavy atom. The number of rotatable bonds is 12. The zero-order valence-electron chi connectivity index (χ0n) is 18.7. The normalized spacial score (nSPS) is 13.3. The van der Waals surface area contributed by atoms with Crippen molar-refractivity contribution in [1.82, 2.24) is 0 Å². The van der Waals surface area contributed by atoms with E-state index in [1.165, 1.54) is 24.3 Å². The van der Waals surface area contributed by atoms with E-state index < -0.39 is 23.3 Å². The Bertz CT molecular complexity index is 854. The van der Waals surface area contributed by atoms with Gasteiger partial charge in [0.25, 0.3) is 0 Å². The topological polar surface area (TPSA) is 18.5 Å². The van der Waals surface area contributed by atoms with Crippen LogP contribution in [0.5, 0.6) is 5.75 Å². The van der Waals surface area contributed by atoms with E-state index in [2.05, 4.69) is 6.92 Å². The summed E-state index contributed by atoms with van der Waals surface area (Å²) in [6.07, 6.45) is 4.08. The molecule has 0 aliphatic carbocycles. The number of hydrogen-bond donors (Lipinski definition) is 0. The molecule has 0 heterocycles. The zero-order valence-corrected chi connectivity index (χ0v) is 18.7. The summed E-state index contributed by atoms with van der Waals surface area (Å²) in [7, 11) is 0. The van der Waals surface area contributed by atoms with Crippen molar-refractivity contribution >= 4 is 0 Å². The Labute approximate surface area is 182 Å². The summed E-state index contributed by atoms with van der Waals surface area (Å²) < 4.78 is 69.3. The third-order valence-corrected chi connectivity index (χ3v) is 5.50. The first-order chi connectivity index (χ1) is 14.8. The van der Waals surface area contributed by atoms with Gasteiger partial charge in [0, 0.05) is 17.7 Å². The largest absolute Gasteiger partial charge is 0.491 e. The van der Waals surface area contributed by atoms with Gasteiger partial charge in [-0.15, -0.1) is 0 Å². The fourth-order valence-electron chi connectivity index (χ4n) is 3.62. The lowest BCUT2D eigenvalue weighted by Gasteiger charge is -2.20. The van der Waals surface area contributed by atoms with Crippen molar-refractivity contribution in [1.29, 1.82) is 0 Å². The Morgan fingerprint density at radius 2 is 1.45 bits per heavy atom. The molecule has 0 amide bonds. The van der Waals surface area contributed by atoms with Crippen LogP contribution in [0.15, 0.2) is 24.3 Å². The van der Waals surface area contributed by atoms with E-state index in [9.17, 15) is 17.6 Å². The standard InChI is InChI=1S/C25H32F4O2/c1-5-8-15-31-16(4)9-10-17(6-2)18-11-12-19(23(27)22(18)26)20-13-14-21(30-7-3)25(29)24(20)28/h11-14,16-17H,5-10,15H2,1-4H3. The zero-order chi connectivity index (χ0) is 23.0. The molecule has 2 aromatic rings. The molecule has 2 aromatic carbocycles. The monoisotopic (exact) mass is 440 g/mol. The summed E-state index contributed by atoms with van der Waals surface area (Å²) in [5.41, 5.74) is -0.405. The van der Waals surface area contributed by atoms with Crippen LogP contribution in [0, 0.1) is 23.3 Å². The van der Waals surface area contributed by atoms with Crippen molar-refractivity contribution in [2.24, 2.45) is 0 Å². The van der Waals surface area contributed by atoms with Gasteiger partial charge in [-0.2, -0.15) is 4.39 Å². The minimum absolute atomic E-state index is 0.0358. The molecule has 31 heavy (non-hydrogen) atoms. The van der Waals surface area contributed by atoms with Gasteiger partial charge < -0.3 is 9.47 Å². The first kappa shape index (κ1) is 25.2. The maximum Gasteiger partial charge on any atom is 0.201 e. The van der Waals surface area contributed by atoms with Crippen molar-refractivity contribution in [3.05, 3.63) is 53.1 Å². The minimum Gasteiger partial charge on any atom is -0.491 e. The summed E-state index contributed by atoms with van der Waals surface area (Å²) in [5.74, 6) is -5.12. The highest BCUT2D eigenvalue weighted by Gasteiger charge is 2.24. The predicted octanol–water partition coefficient (Wildman–Crippen LogP) is 7.79. The average Bonchev–Trinajstić information content (AvgIpc) is 2.75. The molecule has 2 rings (SSSR count). The molecule has 172 valence electrons. The van der Waals surface area contributed by atoms with Gasteiger partial charge in [0.2, 0.25) is 5.82 Å². The molecule has 0 saturated carbocycles.